The summed E-state index contributed by atoms with van der Waals surface area (Å²) in [7, 11) is 4.06. The number of benzene rings is 1. The fourth-order valence-corrected chi connectivity index (χ4v) is 2.45. The lowest BCUT2D eigenvalue weighted by Gasteiger charge is -2.19. The van der Waals surface area contributed by atoms with Crippen LogP contribution in [0.1, 0.15) is 23.7 Å². The van der Waals surface area contributed by atoms with Gasteiger partial charge in [-0.1, -0.05) is 6.07 Å². The molecule has 4 nitrogen and oxygen atoms in total. The SMILES string of the molecule is CSc1cccc(NC(C)CCN(C)C)c1C(=O)O. The molecule has 0 aliphatic heterocycles. The summed E-state index contributed by atoms with van der Waals surface area (Å²) in [6.07, 6.45) is 2.86. The smallest absolute Gasteiger partial charge is 0.338 e. The largest absolute Gasteiger partial charge is 0.478 e. The molecule has 106 valence electrons. The number of thioether (sulfide) groups is 1. The summed E-state index contributed by atoms with van der Waals surface area (Å²) >= 11 is 1.45. The third-order valence-corrected chi connectivity index (χ3v) is 3.65. The normalized spacial score (nSPS) is 12.5. The van der Waals surface area contributed by atoms with E-state index >= 15 is 0 Å². The second-order valence-corrected chi connectivity index (χ2v) is 5.67. The van der Waals surface area contributed by atoms with Crippen LogP contribution in [0.15, 0.2) is 23.1 Å². The van der Waals surface area contributed by atoms with Crippen LogP contribution in [0.25, 0.3) is 0 Å². The lowest BCUT2D eigenvalue weighted by atomic mass is 10.1. The maximum Gasteiger partial charge on any atom is 0.338 e. The molecule has 2 N–H and O–H groups in total. The minimum absolute atomic E-state index is 0.234. The number of anilines is 1. The van der Waals surface area contributed by atoms with Crippen molar-refractivity contribution in [1.29, 1.82) is 0 Å². The number of carbonyl (C=O) groups is 1. The Bertz CT molecular complexity index is 435. The fraction of sp³-hybridized carbons (Fsp3) is 0.500. The zero-order valence-electron chi connectivity index (χ0n) is 11.9. The van der Waals surface area contributed by atoms with E-state index in [1.807, 2.05) is 38.6 Å². The van der Waals surface area contributed by atoms with E-state index in [1.165, 1.54) is 11.8 Å². The highest BCUT2D eigenvalue weighted by Crippen LogP contribution is 2.27. The summed E-state index contributed by atoms with van der Waals surface area (Å²) < 4.78 is 0. The summed E-state index contributed by atoms with van der Waals surface area (Å²) in [5.74, 6) is -0.882. The van der Waals surface area contributed by atoms with Crippen molar-refractivity contribution in [2.24, 2.45) is 0 Å². The van der Waals surface area contributed by atoms with E-state index in [4.69, 9.17) is 0 Å². The molecule has 5 heteroatoms. The Morgan fingerprint density at radius 2 is 2.16 bits per heavy atom. The molecular weight excluding hydrogens is 260 g/mol. The second kappa shape index (κ2) is 7.40. The van der Waals surface area contributed by atoms with Gasteiger partial charge in [-0.25, -0.2) is 4.79 Å². The van der Waals surface area contributed by atoms with Crippen molar-refractivity contribution >= 4 is 23.4 Å². The number of hydrogen-bond acceptors (Lipinski definition) is 4. The first-order valence-corrected chi connectivity index (χ1v) is 7.49. The van der Waals surface area contributed by atoms with Crippen molar-refractivity contribution in [3.05, 3.63) is 23.8 Å². The van der Waals surface area contributed by atoms with Crippen LogP contribution in [-0.4, -0.2) is 48.9 Å². The van der Waals surface area contributed by atoms with Gasteiger partial charge in [0.05, 0.1) is 11.3 Å². The molecule has 0 aromatic heterocycles. The standard InChI is InChI=1S/C14H22N2O2S/c1-10(8-9-16(2)3)15-11-6-5-7-12(19-4)13(11)14(17)18/h5-7,10,15H,8-9H2,1-4H3,(H,17,18). The molecule has 0 saturated heterocycles. The zero-order valence-corrected chi connectivity index (χ0v) is 12.8. The molecule has 0 radical (unpaired) electrons. The van der Waals surface area contributed by atoms with Crippen LogP contribution in [0.3, 0.4) is 0 Å². The van der Waals surface area contributed by atoms with Crippen molar-refractivity contribution in [3.8, 4) is 0 Å². The molecule has 0 heterocycles. The van der Waals surface area contributed by atoms with Crippen molar-refractivity contribution in [3.63, 3.8) is 0 Å². The van der Waals surface area contributed by atoms with Crippen molar-refractivity contribution in [1.82, 2.24) is 4.90 Å². The van der Waals surface area contributed by atoms with Gasteiger partial charge in [-0.3, -0.25) is 0 Å². The van der Waals surface area contributed by atoms with Gasteiger partial charge in [0, 0.05) is 10.9 Å². The average molecular weight is 282 g/mol. The molecule has 0 spiro atoms. The van der Waals surface area contributed by atoms with Gasteiger partial charge in [-0.15, -0.1) is 11.8 Å². The monoisotopic (exact) mass is 282 g/mol. The summed E-state index contributed by atoms with van der Waals surface area (Å²) in [5.41, 5.74) is 1.07. The van der Waals surface area contributed by atoms with Gasteiger partial charge in [0.1, 0.15) is 0 Å². The summed E-state index contributed by atoms with van der Waals surface area (Å²) in [6.45, 7) is 3.04. The van der Waals surface area contributed by atoms with Crippen LogP contribution in [0, 0.1) is 0 Å². The first kappa shape index (κ1) is 15.9. The van der Waals surface area contributed by atoms with Crippen LogP contribution in [0.4, 0.5) is 5.69 Å². The molecule has 1 aromatic rings. The van der Waals surface area contributed by atoms with Gasteiger partial charge in [0.25, 0.3) is 0 Å². The third kappa shape index (κ3) is 4.76. The summed E-state index contributed by atoms with van der Waals surface area (Å²) in [5, 5.41) is 12.6. The van der Waals surface area contributed by atoms with Gasteiger partial charge in [0.2, 0.25) is 0 Å². The van der Waals surface area contributed by atoms with E-state index in [0.29, 0.717) is 11.3 Å². The van der Waals surface area contributed by atoms with Gasteiger partial charge >= 0.3 is 5.97 Å². The van der Waals surface area contributed by atoms with E-state index in [0.717, 1.165) is 17.9 Å². The van der Waals surface area contributed by atoms with Crippen LogP contribution in [0.2, 0.25) is 0 Å². The highest BCUT2D eigenvalue weighted by Gasteiger charge is 2.16. The average Bonchev–Trinajstić information content (AvgIpc) is 2.35. The molecule has 0 saturated carbocycles. The topological polar surface area (TPSA) is 52.6 Å². The van der Waals surface area contributed by atoms with Crippen LogP contribution >= 0.6 is 11.8 Å². The number of hydrogen-bond donors (Lipinski definition) is 2. The number of carboxylic acid groups (broad SMARTS) is 1. The van der Waals surface area contributed by atoms with Crippen LogP contribution in [-0.2, 0) is 0 Å². The molecule has 19 heavy (non-hydrogen) atoms. The molecule has 1 atom stereocenters. The lowest BCUT2D eigenvalue weighted by molar-refractivity contribution is 0.0694. The van der Waals surface area contributed by atoms with E-state index in [2.05, 4.69) is 17.1 Å². The molecule has 1 rings (SSSR count). The molecule has 0 bridgehead atoms. The maximum atomic E-state index is 11.4. The molecule has 0 fully saturated rings. The quantitative estimate of drug-likeness (QED) is 0.753. The molecule has 1 unspecified atom stereocenters. The Morgan fingerprint density at radius 3 is 2.68 bits per heavy atom. The highest BCUT2D eigenvalue weighted by atomic mass is 32.2. The number of aromatic carboxylic acids is 1. The number of rotatable bonds is 7. The van der Waals surface area contributed by atoms with Crippen molar-refractivity contribution in [2.45, 2.75) is 24.3 Å². The molecule has 0 aliphatic carbocycles. The first-order valence-electron chi connectivity index (χ1n) is 6.27. The minimum atomic E-state index is -0.882. The fourth-order valence-electron chi connectivity index (χ4n) is 1.83. The van der Waals surface area contributed by atoms with Gasteiger partial charge in [0.15, 0.2) is 0 Å². The predicted molar refractivity (Wildman–Crippen MR) is 81.4 cm³/mol. The molecular formula is C14H22N2O2S. The predicted octanol–water partition coefficient (Wildman–Crippen LogP) is 2.86. The van der Waals surface area contributed by atoms with Gasteiger partial charge in [-0.05, 0) is 52.4 Å². The summed E-state index contributed by atoms with van der Waals surface area (Å²) in [6, 6.07) is 5.79. The van der Waals surface area contributed by atoms with Crippen LogP contribution < -0.4 is 5.32 Å². The molecule has 0 aliphatic rings. The Balaban J connectivity index is 2.85. The van der Waals surface area contributed by atoms with E-state index < -0.39 is 5.97 Å². The Hall–Kier alpha value is -1.20. The molecule has 1 aromatic carbocycles. The van der Waals surface area contributed by atoms with Gasteiger partial charge in [-0.2, -0.15) is 0 Å². The lowest BCUT2D eigenvalue weighted by Crippen LogP contribution is -2.24. The number of nitrogens with zero attached hydrogens (tertiary/aromatic N) is 1. The van der Waals surface area contributed by atoms with E-state index in [-0.39, 0.29) is 6.04 Å². The highest BCUT2D eigenvalue weighted by molar-refractivity contribution is 7.98. The van der Waals surface area contributed by atoms with Gasteiger partial charge < -0.3 is 15.3 Å². The Labute approximate surface area is 119 Å². The number of carboxylic acids is 1. The third-order valence-electron chi connectivity index (χ3n) is 2.87. The Kier molecular flexibility index (Phi) is 6.18. The van der Waals surface area contributed by atoms with Crippen molar-refractivity contribution in [2.75, 3.05) is 32.2 Å². The maximum absolute atomic E-state index is 11.4. The second-order valence-electron chi connectivity index (χ2n) is 4.83. The number of nitrogens with one attached hydrogen (secondary N) is 1. The molecule has 0 amide bonds. The first-order chi connectivity index (χ1) is 8.95. The van der Waals surface area contributed by atoms with E-state index in [1.54, 1.807) is 0 Å². The zero-order chi connectivity index (χ0) is 14.4. The van der Waals surface area contributed by atoms with Crippen LogP contribution in [0.5, 0.6) is 0 Å². The van der Waals surface area contributed by atoms with E-state index in [9.17, 15) is 9.90 Å². The minimum Gasteiger partial charge on any atom is -0.478 e. The Morgan fingerprint density at radius 1 is 1.47 bits per heavy atom. The van der Waals surface area contributed by atoms with Crippen molar-refractivity contribution < 1.29 is 9.90 Å². The summed E-state index contributed by atoms with van der Waals surface area (Å²) in [4.78, 5) is 14.3.